The van der Waals surface area contributed by atoms with E-state index in [2.05, 4.69) is 6.92 Å². The minimum atomic E-state index is -0.668. The van der Waals surface area contributed by atoms with Crippen molar-refractivity contribution < 1.29 is 9.53 Å². The van der Waals surface area contributed by atoms with E-state index in [0.29, 0.717) is 31.3 Å². The van der Waals surface area contributed by atoms with Crippen LogP contribution < -0.4 is 5.73 Å². The average Bonchev–Trinajstić information content (AvgIpc) is 2.39. The molecule has 1 atom stereocenters. The van der Waals surface area contributed by atoms with Crippen molar-refractivity contribution in [2.45, 2.75) is 37.0 Å². The monoisotopic (exact) mass is 258 g/mol. The van der Waals surface area contributed by atoms with Gasteiger partial charge in [0.15, 0.2) is 0 Å². The van der Waals surface area contributed by atoms with Crippen LogP contribution in [0, 0.1) is 0 Å². The lowest BCUT2D eigenvalue weighted by Crippen LogP contribution is -2.60. The van der Waals surface area contributed by atoms with Crippen LogP contribution in [0.4, 0.5) is 0 Å². The summed E-state index contributed by atoms with van der Waals surface area (Å²) in [4.78, 5) is 14.4. The molecule has 0 bridgehead atoms. The molecule has 2 heterocycles. The van der Waals surface area contributed by atoms with Crippen molar-refractivity contribution in [1.82, 2.24) is 4.90 Å². The van der Waals surface area contributed by atoms with Crippen molar-refractivity contribution in [3.63, 3.8) is 0 Å². The molecule has 2 N–H and O–H groups in total. The number of rotatable bonds is 2. The summed E-state index contributed by atoms with van der Waals surface area (Å²) in [5.41, 5.74) is 5.57. The molecule has 2 aliphatic rings. The summed E-state index contributed by atoms with van der Waals surface area (Å²) in [6.45, 7) is 5.11. The third-order valence-corrected chi connectivity index (χ3v) is 5.06. The molecule has 0 radical (unpaired) electrons. The van der Waals surface area contributed by atoms with Crippen LogP contribution in [0.2, 0.25) is 0 Å². The smallest absolute Gasteiger partial charge is 0.242 e. The number of nitrogens with zero attached hydrogens (tertiary/aromatic N) is 1. The largest absolute Gasteiger partial charge is 0.381 e. The molecule has 1 unspecified atom stereocenters. The highest BCUT2D eigenvalue weighted by atomic mass is 32.2. The van der Waals surface area contributed by atoms with Crippen molar-refractivity contribution in [3.8, 4) is 0 Å². The zero-order chi connectivity index (χ0) is 12.3. The van der Waals surface area contributed by atoms with Gasteiger partial charge < -0.3 is 15.4 Å². The fourth-order valence-electron chi connectivity index (χ4n) is 2.42. The number of carbonyl (C=O) groups excluding carboxylic acids is 1. The van der Waals surface area contributed by atoms with Gasteiger partial charge in [0.05, 0.1) is 5.54 Å². The van der Waals surface area contributed by atoms with Crippen molar-refractivity contribution in [2.75, 3.05) is 32.1 Å². The number of nitrogens with two attached hydrogens (primary N) is 1. The Kier molecular flexibility index (Phi) is 4.33. The van der Waals surface area contributed by atoms with Gasteiger partial charge in [-0.25, -0.2) is 0 Å². The Morgan fingerprint density at radius 2 is 2.24 bits per heavy atom. The Hall–Kier alpha value is -0.260. The topological polar surface area (TPSA) is 55.6 Å². The maximum absolute atomic E-state index is 12.5. The van der Waals surface area contributed by atoms with E-state index in [0.717, 1.165) is 25.3 Å². The number of hydrogen-bond acceptors (Lipinski definition) is 4. The van der Waals surface area contributed by atoms with Gasteiger partial charge in [0, 0.05) is 37.3 Å². The SMILES string of the molecule is CCC1CN(C(=O)C2(N)CCOCC2)CCS1. The summed E-state index contributed by atoms with van der Waals surface area (Å²) in [5, 5.41) is 0.580. The van der Waals surface area contributed by atoms with Crippen molar-refractivity contribution in [2.24, 2.45) is 5.73 Å². The molecular weight excluding hydrogens is 236 g/mol. The lowest BCUT2D eigenvalue weighted by atomic mass is 9.89. The molecule has 2 fully saturated rings. The number of amides is 1. The van der Waals surface area contributed by atoms with Crippen LogP contribution in [0.5, 0.6) is 0 Å². The minimum absolute atomic E-state index is 0.138. The Balaban J connectivity index is 1.98. The quantitative estimate of drug-likeness (QED) is 0.798. The summed E-state index contributed by atoms with van der Waals surface area (Å²) in [5.74, 6) is 1.18. The van der Waals surface area contributed by atoms with Gasteiger partial charge in [-0.1, -0.05) is 6.92 Å². The maximum Gasteiger partial charge on any atom is 0.242 e. The third-order valence-electron chi connectivity index (χ3n) is 3.69. The molecule has 4 nitrogen and oxygen atoms in total. The highest BCUT2D eigenvalue weighted by molar-refractivity contribution is 8.00. The second-order valence-corrected chi connectivity index (χ2v) is 6.33. The lowest BCUT2D eigenvalue weighted by Gasteiger charge is -2.40. The van der Waals surface area contributed by atoms with Crippen LogP contribution in [-0.4, -0.2) is 53.7 Å². The van der Waals surface area contributed by atoms with Gasteiger partial charge in [-0.15, -0.1) is 0 Å². The van der Waals surface area contributed by atoms with E-state index in [9.17, 15) is 4.79 Å². The molecule has 0 spiro atoms. The van der Waals surface area contributed by atoms with Crippen LogP contribution in [-0.2, 0) is 9.53 Å². The zero-order valence-electron chi connectivity index (χ0n) is 10.5. The van der Waals surface area contributed by atoms with Gasteiger partial charge in [0.1, 0.15) is 0 Å². The Labute approximate surface area is 107 Å². The first-order valence-electron chi connectivity index (χ1n) is 6.43. The second kappa shape index (κ2) is 5.59. The molecule has 2 rings (SSSR count). The predicted molar refractivity (Wildman–Crippen MR) is 70.1 cm³/mol. The highest BCUT2D eigenvalue weighted by Crippen LogP contribution is 2.26. The molecule has 0 aromatic carbocycles. The van der Waals surface area contributed by atoms with E-state index in [1.165, 1.54) is 0 Å². The van der Waals surface area contributed by atoms with Crippen molar-refractivity contribution in [3.05, 3.63) is 0 Å². The molecule has 5 heteroatoms. The average molecular weight is 258 g/mol. The summed E-state index contributed by atoms with van der Waals surface area (Å²) in [7, 11) is 0. The predicted octanol–water partition coefficient (Wildman–Crippen LogP) is 0.848. The molecule has 0 aliphatic carbocycles. The molecule has 1 amide bonds. The van der Waals surface area contributed by atoms with Gasteiger partial charge in [-0.05, 0) is 19.3 Å². The Morgan fingerprint density at radius 3 is 2.88 bits per heavy atom. The number of carbonyl (C=O) groups is 1. The number of ether oxygens (including phenoxy) is 1. The van der Waals surface area contributed by atoms with E-state index in [4.69, 9.17) is 10.5 Å². The standard InChI is InChI=1S/C12H22N2O2S/c1-2-10-9-14(5-8-17-10)11(15)12(13)3-6-16-7-4-12/h10H,2-9,13H2,1H3. The summed E-state index contributed by atoms with van der Waals surface area (Å²) in [6.07, 6.45) is 2.44. The fraction of sp³-hybridized carbons (Fsp3) is 0.917. The first-order chi connectivity index (χ1) is 8.15. The molecular formula is C12H22N2O2S. The normalized spacial score (nSPS) is 29.1. The molecule has 2 aliphatic heterocycles. The summed E-state index contributed by atoms with van der Waals surface area (Å²) in [6, 6.07) is 0. The van der Waals surface area contributed by atoms with Gasteiger partial charge in [-0.2, -0.15) is 11.8 Å². The van der Waals surface area contributed by atoms with E-state index in [-0.39, 0.29) is 5.91 Å². The van der Waals surface area contributed by atoms with E-state index in [1.807, 2.05) is 16.7 Å². The van der Waals surface area contributed by atoms with Crippen LogP contribution in [0.3, 0.4) is 0 Å². The first-order valence-corrected chi connectivity index (χ1v) is 7.48. The molecule has 2 saturated heterocycles. The number of thioether (sulfide) groups is 1. The lowest BCUT2D eigenvalue weighted by molar-refractivity contribution is -0.140. The third kappa shape index (κ3) is 2.95. The summed E-state index contributed by atoms with van der Waals surface area (Å²) >= 11 is 1.97. The Bertz CT molecular complexity index is 280. The fourth-order valence-corrected chi connectivity index (χ4v) is 3.60. The highest BCUT2D eigenvalue weighted by Gasteiger charge is 2.40. The zero-order valence-corrected chi connectivity index (χ0v) is 11.3. The maximum atomic E-state index is 12.5. The van der Waals surface area contributed by atoms with Crippen molar-refractivity contribution >= 4 is 17.7 Å². The van der Waals surface area contributed by atoms with Gasteiger partial charge in [0.25, 0.3) is 0 Å². The molecule has 0 aromatic rings. The molecule has 17 heavy (non-hydrogen) atoms. The second-order valence-electron chi connectivity index (χ2n) is 4.92. The van der Waals surface area contributed by atoms with E-state index < -0.39 is 5.54 Å². The first kappa shape index (κ1) is 13.2. The molecule has 0 saturated carbocycles. The van der Waals surface area contributed by atoms with E-state index in [1.54, 1.807) is 0 Å². The minimum Gasteiger partial charge on any atom is -0.381 e. The summed E-state index contributed by atoms with van der Waals surface area (Å²) < 4.78 is 5.29. The van der Waals surface area contributed by atoms with Gasteiger partial charge in [-0.3, -0.25) is 4.79 Å². The number of hydrogen-bond donors (Lipinski definition) is 1. The van der Waals surface area contributed by atoms with Crippen LogP contribution in [0.1, 0.15) is 26.2 Å². The van der Waals surface area contributed by atoms with Gasteiger partial charge >= 0.3 is 0 Å². The van der Waals surface area contributed by atoms with Gasteiger partial charge in [0.2, 0.25) is 5.91 Å². The van der Waals surface area contributed by atoms with Crippen LogP contribution >= 0.6 is 11.8 Å². The Morgan fingerprint density at radius 1 is 1.53 bits per heavy atom. The molecule has 0 aromatic heterocycles. The van der Waals surface area contributed by atoms with Crippen LogP contribution in [0.25, 0.3) is 0 Å². The van der Waals surface area contributed by atoms with Crippen LogP contribution in [0.15, 0.2) is 0 Å². The molecule has 98 valence electrons. The van der Waals surface area contributed by atoms with E-state index >= 15 is 0 Å². The van der Waals surface area contributed by atoms with Crippen molar-refractivity contribution in [1.29, 1.82) is 0 Å².